The number of hydrogen-bond acceptors (Lipinski definition) is 3. The lowest BCUT2D eigenvalue weighted by Crippen LogP contribution is -2.35. The monoisotopic (exact) mass is 243 g/mol. The Kier molecular flexibility index (Phi) is 4.43. The van der Waals surface area contributed by atoms with Gasteiger partial charge in [0, 0.05) is 11.9 Å². The maximum atomic E-state index is 11.7. The second-order valence-corrected chi connectivity index (χ2v) is 3.71. The molecule has 1 unspecified atom stereocenters. The van der Waals surface area contributed by atoms with Crippen LogP contribution in [0.2, 0.25) is 0 Å². The van der Waals surface area contributed by atoms with Crippen molar-refractivity contribution in [2.24, 2.45) is 0 Å². The van der Waals surface area contributed by atoms with E-state index >= 15 is 0 Å². The SMILES string of the molecule is CCC(CCl)NC(=O)c1cccc(O)c1O. The highest BCUT2D eigenvalue weighted by atomic mass is 35.5. The molecule has 0 spiro atoms. The second-order valence-electron chi connectivity index (χ2n) is 3.41. The lowest BCUT2D eigenvalue weighted by molar-refractivity contribution is 0.0936. The van der Waals surface area contributed by atoms with Crippen molar-refractivity contribution in [2.45, 2.75) is 19.4 Å². The number of halogens is 1. The van der Waals surface area contributed by atoms with Crippen LogP contribution in [0, 0.1) is 0 Å². The minimum absolute atomic E-state index is 0.0450. The van der Waals surface area contributed by atoms with E-state index in [2.05, 4.69) is 5.32 Å². The highest BCUT2D eigenvalue weighted by Crippen LogP contribution is 2.28. The number of carbonyl (C=O) groups is 1. The molecule has 0 bridgehead atoms. The van der Waals surface area contributed by atoms with Crippen LogP contribution in [-0.2, 0) is 0 Å². The molecule has 0 aromatic heterocycles. The summed E-state index contributed by atoms with van der Waals surface area (Å²) in [6, 6.07) is 4.10. The van der Waals surface area contributed by atoms with Gasteiger partial charge in [-0.15, -0.1) is 11.6 Å². The van der Waals surface area contributed by atoms with Crippen LogP contribution in [0.3, 0.4) is 0 Å². The summed E-state index contributed by atoms with van der Waals surface area (Å²) in [7, 11) is 0. The third-order valence-electron chi connectivity index (χ3n) is 2.27. The summed E-state index contributed by atoms with van der Waals surface area (Å²) >= 11 is 5.64. The molecule has 4 nitrogen and oxygen atoms in total. The molecule has 0 aliphatic rings. The molecule has 0 heterocycles. The topological polar surface area (TPSA) is 69.6 Å². The molecule has 5 heteroatoms. The molecule has 1 amide bonds. The first-order chi connectivity index (χ1) is 7.60. The fourth-order valence-electron chi connectivity index (χ4n) is 1.23. The van der Waals surface area contributed by atoms with Gasteiger partial charge in [-0.25, -0.2) is 0 Å². The zero-order valence-corrected chi connectivity index (χ0v) is 9.66. The number of phenols is 2. The van der Waals surface area contributed by atoms with Crippen LogP contribution in [-0.4, -0.2) is 28.0 Å². The van der Waals surface area contributed by atoms with E-state index in [4.69, 9.17) is 11.6 Å². The summed E-state index contributed by atoms with van der Waals surface area (Å²) in [6.07, 6.45) is 0.703. The van der Waals surface area contributed by atoms with Crippen molar-refractivity contribution < 1.29 is 15.0 Å². The lowest BCUT2D eigenvalue weighted by atomic mass is 10.1. The number of phenolic OH excluding ortho intramolecular Hbond substituents is 2. The number of para-hydroxylation sites is 1. The predicted octanol–water partition coefficient (Wildman–Crippen LogP) is 1.85. The average Bonchev–Trinajstić information content (AvgIpc) is 2.29. The fraction of sp³-hybridized carbons (Fsp3) is 0.364. The van der Waals surface area contributed by atoms with E-state index in [9.17, 15) is 15.0 Å². The summed E-state index contributed by atoms with van der Waals surface area (Å²) in [4.78, 5) is 11.7. The molecular formula is C11H14ClNO3. The van der Waals surface area contributed by atoms with Crippen molar-refractivity contribution in [3.8, 4) is 11.5 Å². The van der Waals surface area contributed by atoms with Gasteiger partial charge in [-0.1, -0.05) is 13.0 Å². The maximum absolute atomic E-state index is 11.7. The molecule has 0 fully saturated rings. The van der Waals surface area contributed by atoms with E-state index in [1.54, 1.807) is 0 Å². The van der Waals surface area contributed by atoms with Crippen LogP contribution in [0.4, 0.5) is 0 Å². The summed E-state index contributed by atoms with van der Waals surface area (Å²) in [6.45, 7) is 1.90. The van der Waals surface area contributed by atoms with Gasteiger partial charge in [-0.3, -0.25) is 4.79 Å². The zero-order chi connectivity index (χ0) is 12.1. The molecule has 0 aliphatic heterocycles. The predicted molar refractivity (Wildman–Crippen MR) is 62.0 cm³/mol. The van der Waals surface area contributed by atoms with E-state index < -0.39 is 11.7 Å². The highest BCUT2D eigenvalue weighted by Gasteiger charge is 2.16. The first-order valence-corrected chi connectivity index (χ1v) is 5.51. The van der Waals surface area contributed by atoms with E-state index in [1.165, 1.54) is 18.2 Å². The number of nitrogens with one attached hydrogen (secondary N) is 1. The average molecular weight is 244 g/mol. The van der Waals surface area contributed by atoms with Gasteiger partial charge in [-0.05, 0) is 18.6 Å². The van der Waals surface area contributed by atoms with Gasteiger partial charge >= 0.3 is 0 Å². The molecule has 0 saturated heterocycles. The van der Waals surface area contributed by atoms with Gasteiger partial charge in [0.2, 0.25) is 0 Å². The Hall–Kier alpha value is -1.42. The van der Waals surface area contributed by atoms with E-state index in [0.29, 0.717) is 12.3 Å². The van der Waals surface area contributed by atoms with Crippen molar-refractivity contribution in [3.05, 3.63) is 23.8 Å². The lowest BCUT2D eigenvalue weighted by Gasteiger charge is -2.14. The van der Waals surface area contributed by atoms with Crippen LogP contribution < -0.4 is 5.32 Å². The third kappa shape index (κ3) is 2.79. The molecule has 0 saturated carbocycles. The Morgan fingerprint density at radius 3 is 2.75 bits per heavy atom. The molecule has 1 rings (SSSR count). The number of carbonyl (C=O) groups excluding carboxylic acids is 1. The standard InChI is InChI=1S/C11H14ClNO3/c1-2-7(6-12)13-11(16)8-4-3-5-9(14)10(8)15/h3-5,7,14-15H,2,6H2,1H3,(H,13,16). The van der Waals surface area contributed by atoms with Crippen molar-refractivity contribution in [3.63, 3.8) is 0 Å². The van der Waals surface area contributed by atoms with E-state index in [0.717, 1.165) is 0 Å². The third-order valence-corrected chi connectivity index (χ3v) is 2.65. The minimum Gasteiger partial charge on any atom is -0.504 e. The van der Waals surface area contributed by atoms with Crippen molar-refractivity contribution >= 4 is 17.5 Å². The van der Waals surface area contributed by atoms with Crippen molar-refractivity contribution in [2.75, 3.05) is 5.88 Å². The first kappa shape index (κ1) is 12.6. The summed E-state index contributed by atoms with van der Waals surface area (Å²) in [5.74, 6) is -0.862. The van der Waals surface area contributed by atoms with Gasteiger partial charge in [0.15, 0.2) is 11.5 Å². The molecule has 1 aromatic carbocycles. The first-order valence-electron chi connectivity index (χ1n) is 4.97. The summed E-state index contributed by atoms with van der Waals surface area (Å²) in [5.41, 5.74) is 0.0450. The molecule has 88 valence electrons. The largest absolute Gasteiger partial charge is 0.504 e. The molecule has 16 heavy (non-hydrogen) atoms. The van der Waals surface area contributed by atoms with Gasteiger partial charge in [-0.2, -0.15) is 0 Å². The number of amides is 1. The van der Waals surface area contributed by atoms with E-state index in [1.807, 2.05) is 6.92 Å². The minimum atomic E-state index is -0.444. The van der Waals surface area contributed by atoms with Crippen LogP contribution in [0.25, 0.3) is 0 Å². The molecule has 0 aliphatic carbocycles. The van der Waals surface area contributed by atoms with Crippen LogP contribution >= 0.6 is 11.6 Å². The van der Waals surface area contributed by atoms with Crippen LogP contribution in [0.1, 0.15) is 23.7 Å². The van der Waals surface area contributed by atoms with Crippen molar-refractivity contribution in [1.29, 1.82) is 0 Å². The van der Waals surface area contributed by atoms with Gasteiger partial charge in [0.1, 0.15) is 0 Å². The summed E-state index contributed by atoms with van der Waals surface area (Å²) < 4.78 is 0. The van der Waals surface area contributed by atoms with Gasteiger partial charge < -0.3 is 15.5 Å². The number of rotatable bonds is 4. The fourth-order valence-corrected chi connectivity index (χ4v) is 1.52. The molecule has 1 aromatic rings. The molecular weight excluding hydrogens is 230 g/mol. The molecule has 0 radical (unpaired) electrons. The molecule has 1 atom stereocenters. The Balaban J connectivity index is 2.84. The quantitative estimate of drug-likeness (QED) is 0.558. The Morgan fingerprint density at radius 2 is 2.19 bits per heavy atom. The molecule has 3 N–H and O–H groups in total. The number of benzene rings is 1. The van der Waals surface area contributed by atoms with Crippen LogP contribution in [0.5, 0.6) is 11.5 Å². The Bertz CT molecular complexity index is 377. The van der Waals surface area contributed by atoms with Crippen molar-refractivity contribution in [1.82, 2.24) is 5.32 Å². The summed E-state index contributed by atoms with van der Waals surface area (Å²) in [5, 5.41) is 21.4. The van der Waals surface area contributed by atoms with E-state index in [-0.39, 0.29) is 17.4 Å². The second kappa shape index (κ2) is 5.61. The number of alkyl halides is 1. The Labute approximate surface area is 98.9 Å². The number of hydrogen-bond donors (Lipinski definition) is 3. The van der Waals surface area contributed by atoms with Gasteiger partial charge in [0.25, 0.3) is 5.91 Å². The normalized spacial score (nSPS) is 12.1. The van der Waals surface area contributed by atoms with Gasteiger partial charge in [0.05, 0.1) is 5.56 Å². The zero-order valence-electron chi connectivity index (χ0n) is 8.90. The highest BCUT2D eigenvalue weighted by molar-refractivity contribution is 6.18. The number of aromatic hydroxyl groups is 2. The maximum Gasteiger partial charge on any atom is 0.255 e. The Morgan fingerprint density at radius 1 is 1.50 bits per heavy atom. The smallest absolute Gasteiger partial charge is 0.255 e. The van der Waals surface area contributed by atoms with Crippen LogP contribution in [0.15, 0.2) is 18.2 Å².